The lowest BCUT2D eigenvalue weighted by atomic mass is 10.1. The number of methoxy groups -OCH3 is 1. The highest BCUT2D eigenvalue weighted by Gasteiger charge is 2.08. The molecule has 2 N–H and O–H groups in total. The first-order valence-corrected chi connectivity index (χ1v) is 10.4. The summed E-state index contributed by atoms with van der Waals surface area (Å²) < 4.78 is 6.15. The van der Waals surface area contributed by atoms with E-state index in [4.69, 9.17) is 4.74 Å². The molecule has 2 amide bonds. The monoisotopic (exact) mass is 459 g/mol. The fourth-order valence-corrected chi connectivity index (χ4v) is 3.08. The zero-order chi connectivity index (χ0) is 21.1. The van der Waals surface area contributed by atoms with E-state index < -0.39 is 0 Å². The second kappa shape index (κ2) is 12.0. The standard InChI is InChI=1S/C22H26BrN3O3/c1-3-4-5-6-10-21(27)25-19-9-7-8-16(14-19)22(28)26-24-15-17-13-18(23)11-12-20(17)29-2/h7-9,11-15H,3-6,10H2,1-2H3,(H,25,27)(H,26,28). The predicted octanol–water partition coefficient (Wildman–Crippen LogP) is 5.13. The van der Waals surface area contributed by atoms with Crippen molar-refractivity contribution in [3.05, 3.63) is 58.1 Å². The topological polar surface area (TPSA) is 79.8 Å². The van der Waals surface area contributed by atoms with Crippen LogP contribution < -0.4 is 15.5 Å². The maximum atomic E-state index is 12.4. The molecule has 2 aromatic carbocycles. The third-order valence-corrected chi connectivity index (χ3v) is 4.72. The average Bonchev–Trinajstić information content (AvgIpc) is 2.71. The smallest absolute Gasteiger partial charge is 0.271 e. The SMILES string of the molecule is CCCCCCC(=O)Nc1cccc(C(=O)NN=Cc2cc(Br)ccc2OC)c1. The van der Waals surface area contributed by atoms with Crippen LogP contribution in [0, 0.1) is 0 Å². The average molecular weight is 460 g/mol. The number of amides is 2. The van der Waals surface area contributed by atoms with Gasteiger partial charge in [-0.05, 0) is 42.8 Å². The van der Waals surface area contributed by atoms with E-state index in [1.807, 2.05) is 18.2 Å². The molecule has 0 radical (unpaired) electrons. The number of carbonyl (C=O) groups is 2. The van der Waals surface area contributed by atoms with Crippen LogP contribution in [0.1, 0.15) is 54.9 Å². The number of hydrazone groups is 1. The summed E-state index contributed by atoms with van der Waals surface area (Å²) in [5.41, 5.74) is 4.22. The Hall–Kier alpha value is -2.67. The molecule has 0 fully saturated rings. The molecule has 0 heterocycles. The number of hydrogen-bond donors (Lipinski definition) is 2. The van der Waals surface area contributed by atoms with Crippen LogP contribution in [0.5, 0.6) is 5.75 Å². The van der Waals surface area contributed by atoms with Crippen molar-refractivity contribution >= 4 is 39.6 Å². The van der Waals surface area contributed by atoms with Crippen LogP contribution in [0.4, 0.5) is 5.69 Å². The molecule has 0 aromatic heterocycles. The molecule has 7 heteroatoms. The van der Waals surface area contributed by atoms with E-state index in [9.17, 15) is 9.59 Å². The Morgan fingerprint density at radius 2 is 1.97 bits per heavy atom. The third kappa shape index (κ3) is 7.69. The molecule has 0 aliphatic carbocycles. The van der Waals surface area contributed by atoms with E-state index in [0.29, 0.717) is 23.4 Å². The van der Waals surface area contributed by atoms with Gasteiger partial charge in [0.25, 0.3) is 5.91 Å². The number of rotatable bonds is 10. The molecule has 2 rings (SSSR count). The summed E-state index contributed by atoms with van der Waals surface area (Å²) in [4.78, 5) is 24.4. The van der Waals surface area contributed by atoms with E-state index in [2.05, 4.69) is 38.7 Å². The van der Waals surface area contributed by atoms with Crippen molar-refractivity contribution in [3.63, 3.8) is 0 Å². The van der Waals surface area contributed by atoms with Crippen molar-refractivity contribution in [2.75, 3.05) is 12.4 Å². The zero-order valence-corrected chi connectivity index (χ0v) is 18.3. The molecule has 2 aromatic rings. The first kappa shape index (κ1) is 22.6. The van der Waals surface area contributed by atoms with Crippen LogP contribution in [0.3, 0.4) is 0 Å². The fraction of sp³-hybridized carbons (Fsp3) is 0.318. The summed E-state index contributed by atoms with van der Waals surface area (Å²) in [5.74, 6) is 0.238. The molecule has 0 aliphatic rings. The summed E-state index contributed by atoms with van der Waals surface area (Å²) in [5, 5.41) is 6.84. The number of benzene rings is 2. The van der Waals surface area contributed by atoms with Gasteiger partial charge >= 0.3 is 0 Å². The number of nitrogens with zero attached hydrogens (tertiary/aromatic N) is 1. The van der Waals surface area contributed by atoms with Gasteiger partial charge in [-0.1, -0.05) is 48.2 Å². The van der Waals surface area contributed by atoms with Crippen LogP contribution in [-0.4, -0.2) is 25.1 Å². The second-order valence-electron chi connectivity index (χ2n) is 6.53. The van der Waals surface area contributed by atoms with Gasteiger partial charge in [-0.25, -0.2) is 5.43 Å². The van der Waals surface area contributed by atoms with Crippen molar-refractivity contribution in [1.82, 2.24) is 5.43 Å². The van der Waals surface area contributed by atoms with Gasteiger partial charge < -0.3 is 10.1 Å². The first-order chi connectivity index (χ1) is 14.0. The number of hydrogen-bond acceptors (Lipinski definition) is 4. The molecule has 29 heavy (non-hydrogen) atoms. The maximum Gasteiger partial charge on any atom is 0.271 e. The molecule has 0 aliphatic heterocycles. The van der Waals surface area contributed by atoms with Crippen molar-refractivity contribution in [3.8, 4) is 5.75 Å². The molecule has 0 saturated heterocycles. The minimum Gasteiger partial charge on any atom is -0.496 e. The van der Waals surface area contributed by atoms with E-state index in [1.54, 1.807) is 31.4 Å². The fourth-order valence-electron chi connectivity index (χ4n) is 2.71. The Balaban J connectivity index is 1.94. The van der Waals surface area contributed by atoms with E-state index >= 15 is 0 Å². The summed E-state index contributed by atoms with van der Waals surface area (Å²) in [6.45, 7) is 2.13. The molecule has 0 saturated carbocycles. The predicted molar refractivity (Wildman–Crippen MR) is 120 cm³/mol. The third-order valence-electron chi connectivity index (χ3n) is 4.23. The molecule has 154 valence electrons. The van der Waals surface area contributed by atoms with Gasteiger partial charge in [0.2, 0.25) is 5.91 Å². The van der Waals surface area contributed by atoms with Crippen LogP contribution >= 0.6 is 15.9 Å². The molecular formula is C22H26BrN3O3. The van der Waals surface area contributed by atoms with E-state index in [-0.39, 0.29) is 11.8 Å². The van der Waals surface area contributed by atoms with Crippen molar-refractivity contribution in [1.29, 1.82) is 0 Å². The molecule has 0 unspecified atom stereocenters. The van der Waals surface area contributed by atoms with Gasteiger partial charge in [-0.3, -0.25) is 9.59 Å². The van der Waals surface area contributed by atoms with Crippen molar-refractivity contribution in [2.24, 2.45) is 5.10 Å². The first-order valence-electron chi connectivity index (χ1n) is 9.60. The Bertz CT molecular complexity index is 868. The van der Waals surface area contributed by atoms with Gasteiger partial charge in [-0.2, -0.15) is 5.10 Å². The largest absolute Gasteiger partial charge is 0.496 e. The summed E-state index contributed by atoms with van der Waals surface area (Å²) in [7, 11) is 1.57. The summed E-state index contributed by atoms with van der Waals surface area (Å²) in [6, 6.07) is 12.3. The van der Waals surface area contributed by atoms with E-state index in [1.165, 1.54) is 6.21 Å². The van der Waals surface area contributed by atoms with Gasteiger partial charge in [0, 0.05) is 27.7 Å². The zero-order valence-electron chi connectivity index (χ0n) is 16.7. The number of ether oxygens (including phenoxy) is 1. The van der Waals surface area contributed by atoms with Gasteiger partial charge in [-0.15, -0.1) is 0 Å². The van der Waals surface area contributed by atoms with Gasteiger partial charge in [0.05, 0.1) is 13.3 Å². The molecular weight excluding hydrogens is 434 g/mol. The number of nitrogens with one attached hydrogen (secondary N) is 2. The molecule has 0 atom stereocenters. The van der Waals surface area contributed by atoms with Crippen molar-refractivity contribution < 1.29 is 14.3 Å². The number of carbonyl (C=O) groups excluding carboxylic acids is 2. The lowest BCUT2D eigenvalue weighted by Crippen LogP contribution is -2.18. The quantitative estimate of drug-likeness (QED) is 0.293. The van der Waals surface area contributed by atoms with Gasteiger partial charge in [0.15, 0.2) is 0 Å². The highest BCUT2D eigenvalue weighted by Crippen LogP contribution is 2.21. The number of anilines is 1. The van der Waals surface area contributed by atoms with E-state index in [0.717, 1.165) is 35.7 Å². The summed E-state index contributed by atoms with van der Waals surface area (Å²) in [6.07, 6.45) is 6.18. The highest BCUT2D eigenvalue weighted by atomic mass is 79.9. The van der Waals surface area contributed by atoms with Crippen molar-refractivity contribution in [2.45, 2.75) is 39.0 Å². The lowest BCUT2D eigenvalue weighted by molar-refractivity contribution is -0.116. The Morgan fingerprint density at radius 1 is 1.14 bits per heavy atom. The summed E-state index contributed by atoms with van der Waals surface area (Å²) >= 11 is 3.39. The Morgan fingerprint density at radius 3 is 2.72 bits per heavy atom. The minimum atomic E-state index is -0.366. The lowest BCUT2D eigenvalue weighted by Gasteiger charge is -2.07. The number of unbranched alkanes of at least 4 members (excludes halogenated alkanes) is 3. The molecule has 0 spiro atoms. The van der Waals surface area contributed by atoms with Crippen LogP contribution in [0.15, 0.2) is 52.0 Å². The molecule has 0 bridgehead atoms. The Labute approximate surface area is 179 Å². The second-order valence-corrected chi connectivity index (χ2v) is 7.44. The van der Waals surface area contributed by atoms with Crippen LogP contribution in [0.2, 0.25) is 0 Å². The van der Waals surface area contributed by atoms with Crippen LogP contribution in [0.25, 0.3) is 0 Å². The normalized spacial score (nSPS) is 10.7. The van der Waals surface area contributed by atoms with Gasteiger partial charge in [0.1, 0.15) is 5.75 Å². The highest BCUT2D eigenvalue weighted by molar-refractivity contribution is 9.10. The van der Waals surface area contributed by atoms with Crippen LogP contribution in [-0.2, 0) is 4.79 Å². The molecule has 6 nitrogen and oxygen atoms in total. The minimum absolute atomic E-state index is 0.0431. The Kier molecular flexibility index (Phi) is 9.37. The number of halogens is 1. The maximum absolute atomic E-state index is 12.4.